The summed E-state index contributed by atoms with van der Waals surface area (Å²) in [6, 6.07) is -9.97. The summed E-state index contributed by atoms with van der Waals surface area (Å²) in [7, 11) is 11.1. The Labute approximate surface area is 601 Å². The molecule has 3 saturated carbocycles. The molecule has 5 fully saturated rings. The molecule has 572 valence electrons. The van der Waals surface area contributed by atoms with E-state index in [1.165, 1.54) is 82.1 Å². The number of fused-ring (bicyclic) bond motifs is 3. The van der Waals surface area contributed by atoms with Crippen LogP contribution in [0.15, 0.2) is 36.9 Å². The Morgan fingerprint density at radius 2 is 1.35 bits per heavy atom. The monoisotopic (exact) mass is 1450 g/mol. The molecule has 0 aromatic heterocycles. The van der Waals surface area contributed by atoms with Gasteiger partial charge in [-0.25, -0.2) is 8.78 Å². The summed E-state index contributed by atoms with van der Waals surface area (Å²) in [6.07, 6.45) is 4.65. The highest BCUT2D eigenvalue weighted by molar-refractivity contribution is 6.01. The van der Waals surface area contributed by atoms with Crippen molar-refractivity contribution in [2.24, 2.45) is 17.8 Å². The molecule has 2 bridgehead atoms. The highest BCUT2D eigenvalue weighted by atomic mass is 19.4. The predicted octanol–water partition coefficient (Wildman–Crippen LogP) is 4.98. The Morgan fingerprint density at radius 3 is 1.93 bits per heavy atom. The zero-order valence-electron chi connectivity index (χ0n) is 61.6. The minimum atomic E-state index is -5.41. The topological polar surface area (TPSA) is 279 Å². The molecule has 3 heterocycles. The molecule has 1 spiro atoms. The lowest BCUT2D eigenvalue weighted by molar-refractivity contribution is -0.157. The zero-order valence-corrected chi connectivity index (χ0v) is 61.6. The zero-order chi connectivity index (χ0) is 76.1. The molecule has 1 aromatic rings. The quantitative estimate of drug-likeness (QED) is 0.174. The standard InChI is InChI=1S/C73H107F5N12O13/c1-13-25-52-63(94)80-61(44(4)14-2)69(100)84(8)43-59(93)86(10)53-30-20-17-23-35-89(68(53)99)56(38-45-26-18-16-19-27-45)67(98)83(7)42-57(91)79-51(32-31-46-36-49(74)60(50(75)37-46)73(76,77)78)65(96)90-41-48(103-15-3)39-54(90)64(95)81-72(33-24-34-72)71(102)88(12)62(47-28-21-22-29-47)70(101)87(11)55(66(97)82(5)6)40-58(92)85(52)9/h13,17,20,36-37,44-45,47-48,51-56,61-62H,1,14-16,18-19,21-35,38-43H2,2-12H3,(H,79,91)(H,80,94)(H,81,95)/b20-17-/t44-,48+,51-,52-,53-,54-,55-,56-,61-,62-/m0/s1. The normalized spacial score (nSPS) is 27.6. The van der Waals surface area contributed by atoms with Gasteiger partial charge in [0.1, 0.15) is 71.1 Å². The van der Waals surface area contributed by atoms with Crippen LogP contribution >= 0.6 is 0 Å². The van der Waals surface area contributed by atoms with Crippen molar-refractivity contribution in [3.63, 3.8) is 0 Å². The average molecular weight is 1460 g/mol. The van der Waals surface area contributed by atoms with Gasteiger partial charge in [-0.05, 0) is 113 Å². The number of nitrogens with zero attached hydrogens (tertiary/aromatic N) is 9. The third kappa shape index (κ3) is 19.7. The van der Waals surface area contributed by atoms with Gasteiger partial charge in [0.2, 0.25) is 70.9 Å². The molecule has 10 atom stereocenters. The van der Waals surface area contributed by atoms with Crippen LogP contribution in [0.3, 0.4) is 0 Å². The Morgan fingerprint density at radius 1 is 0.718 bits per heavy atom. The Kier molecular flexibility index (Phi) is 28.8. The maximum absolute atomic E-state index is 15.4. The summed E-state index contributed by atoms with van der Waals surface area (Å²) in [5.74, 6) is -13.8. The van der Waals surface area contributed by atoms with Crippen molar-refractivity contribution in [1.82, 2.24) is 60.0 Å². The van der Waals surface area contributed by atoms with E-state index in [1.807, 2.05) is 6.08 Å². The molecule has 2 saturated heterocycles. The van der Waals surface area contributed by atoms with Crippen LogP contribution in [0, 0.1) is 29.4 Å². The predicted molar refractivity (Wildman–Crippen MR) is 370 cm³/mol. The minimum absolute atomic E-state index is 0.000291. The summed E-state index contributed by atoms with van der Waals surface area (Å²) in [6.45, 7) is 7.54. The van der Waals surface area contributed by atoms with Crippen molar-refractivity contribution in [2.75, 3.05) is 89.2 Å². The maximum Gasteiger partial charge on any atom is 0.422 e. The molecule has 103 heavy (non-hydrogen) atoms. The van der Waals surface area contributed by atoms with Crippen LogP contribution in [0.4, 0.5) is 22.0 Å². The van der Waals surface area contributed by atoms with Crippen molar-refractivity contribution in [3.05, 3.63) is 59.7 Å². The summed E-state index contributed by atoms with van der Waals surface area (Å²) < 4.78 is 77.9. The summed E-state index contributed by atoms with van der Waals surface area (Å²) >= 11 is 0. The van der Waals surface area contributed by atoms with Crippen molar-refractivity contribution < 1.29 is 84.2 Å². The van der Waals surface area contributed by atoms with Crippen molar-refractivity contribution in [3.8, 4) is 0 Å². The second-order valence-electron chi connectivity index (χ2n) is 29.3. The van der Waals surface area contributed by atoms with Crippen LogP contribution in [0.2, 0.25) is 0 Å². The fourth-order valence-corrected chi connectivity index (χ4v) is 15.5. The number of nitrogens with one attached hydrogen (secondary N) is 3. The Balaban J connectivity index is 1.32. The lowest BCUT2D eigenvalue weighted by atomic mass is 9.74. The van der Waals surface area contributed by atoms with Crippen LogP contribution in [-0.4, -0.2) is 264 Å². The number of ether oxygens (including phenoxy) is 1. The van der Waals surface area contributed by atoms with Crippen LogP contribution < -0.4 is 16.0 Å². The molecule has 6 aliphatic rings. The lowest BCUT2D eigenvalue weighted by Crippen LogP contribution is -2.68. The first-order valence-corrected chi connectivity index (χ1v) is 36.3. The summed E-state index contributed by atoms with van der Waals surface area (Å²) in [5, 5.41) is 8.41. The Hall–Kier alpha value is -8.05. The van der Waals surface area contributed by atoms with Gasteiger partial charge in [0.15, 0.2) is 0 Å². The van der Waals surface area contributed by atoms with E-state index in [4.69, 9.17) is 4.74 Å². The number of halogens is 5. The van der Waals surface area contributed by atoms with Crippen LogP contribution in [-0.2, 0) is 74.9 Å². The third-order valence-electron chi connectivity index (χ3n) is 22.0. The van der Waals surface area contributed by atoms with Crippen LogP contribution in [0.25, 0.3) is 0 Å². The van der Waals surface area contributed by atoms with E-state index in [1.54, 1.807) is 26.8 Å². The molecule has 12 amide bonds. The SMILES string of the molecule is C=CC[C@H]1C(=O)N[C@@H]([C@@H](C)CC)C(=O)N(C)CC(=O)N(C)[C@H]2C/C=C\CCN(C2=O)[C@@H](CC2CCCCC2)C(=O)N(C)CC(=O)N[C@@H](CCc2cc(F)c(C(F)(F)F)c(F)c2)C(=O)N2C[C@H](OCC)C[C@H]2C(=O)NC2(CCC2)C(=O)N(C)[C@@H](C2CCCC2)C(=O)N(C)[C@H](C(=O)N(C)C)CC(=O)N1C. The molecule has 3 N–H and O–H groups in total. The van der Waals surface area contributed by atoms with Gasteiger partial charge >= 0.3 is 6.18 Å². The van der Waals surface area contributed by atoms with E-state index in [0.717, 1.165) is 56.6 Å². The van der Waals surface area contributed by atoms with E-state index >= 15 is 37.5 Å². The number of rotatable bonds is 13. The van der Waals surface area contributed by atoms with Gasteiger partial charge in [0.05, 0.1) is 25.6 Å². The molecule has 0 radical (unpaired) electrons. The van der Waals surface area contributed by atoms with Gasteiger partial charge in [0.25, 0.3) is 0 Å². The Bertz CT molecular complexity index is 3300. The molecule has 30 heteroatoms. The molecule has 0 unspecified atom stereocenters. The van der Waals surface area contributed by atoms with E-state index < -0.39 is 198 Å². The van der Waals surface area contributed by atoms with Crippen LogP contribution in [0.5, 0.6) is 0 Å². The number of carbonyl (C=O) groups is 12. The molecule has 25 nitrogen and oxygen atoms in total. The number of alkyl halides is 3. The number of hydrogen-bond donors (Lipinski definition) is 3. The number of amides is 12. The van der Waals surface area contributed by atoms with E-state index in [2.05, 4.69) is 22.5 Å². The smallest absolute Gasteiger partial charge is 0.377 e. The third-order valence-corrected chi connectivity index (χ3v) is 22.0. The molecular formula is C73H107F5N12O13. The molecule has 1 aromatic carbocycles. The maximum atomic E-state index is 15.4. The fourth-order valence-electron chi connectivity index (χ4n) is 15.5. The van der Waals surface area contributed by atoms with Crippen molar-refractivity contribution in [1.29, 1.82) is 0 Å². The highest BCUT2D eigenvalue weighted by Gasteiger charge is 2.54. The first-order chi connectivity index (χ1) is 48.6. The van der Waals surface area contributed by atoms with Gasteiger partial charge in [-0.15, -0.1) is 6.58 Å². The summed E-state index contributed by atoms with van der Waals surface area (Å²) in [4.78, 5) is 191. The molecule has 7 rings (SSSR count). The van der Waals surface area contributed by atoms with Crippen molar-refractivity contribution >= 4 is 70.9 Å². The van der Waals surface area contributed by atoms with Gasteiger partial charge in [-0.3, -0.25) is 57.5 Å². The number of likely N-dealkylation sites (N-methyl/N-ethyl adjacent to an activating group) is 7. The molecule has 3 aliphatic heterocycles. The minimum Gasteiger partial charge on any atom is -0.377 e. The second-order valence-corrected chi connectivity index (χ2v) is 29.3. The molecular weight excluding hydrogens is 1350 g/mol. The highest BCUT2D eigenvalue weighted by Crippen LogP contribution is 2.40. The number of benzene rings is 1. The van der Waals surface area contributed by atoms with E-state index in [9.17, 15) is 41.9 Å². The number of aryl methyl sites for hydroxylation is 1. The summed E-state index contributed by atoms with van der Waals surface area (Å²) in [5.41, 5.74) is -4.13. The van der Waals surface area contributed by atoms with Gasteiger partial charge < -0.3 is 64.8 Å². The van der Waals surface area contributed by atoms with Gasteiger partial charge in [-0.2, -0.15) is 13.2 Å². The second kappa shape index (κ2) is 36.1. The average Bonchev–Trinajstić information content (AvgIpc) is 1.69. The van der Waals surface area contributed by atoms with Gasteiger partial charge in [-0.1, -0.05) is 83.4 Å². The van der Waals surface area contributed by atoms with E-state index in [-0.39, 0.29) is 69.7 Å². The first-order valence-electron chi connectivity index (χ1n) is 36.3. The number of carbonyl (C=O) groups excluding carboxylic acids is 12. The van der Waals surface area contributed by atoms with Crippen molar-refractivity contribution in [2.45, 2.75) is 222 Å². The largest absolute Gasteiger partial charge is 0.422 e. The van der Waals surface area contributed by atoms with E-state index in [0.29, 0.717) is 57.1 Å². The molecule has 3 aliphatic carbocycles. The van der Waals surface area contributed by atoms with Crippen LogP contribution in [0.1, 0.15) is 160 Å². The van der Waals surface area contributed by atoms with Gasteiger partial charge in [0, 0.05) is 82.5 Å². The number of hydrogen-bond acceptors (Lipinski definition) is 13. The lowest BCUT2D eigenvalue weighted by Gasteiger charge is -2.46. The fraction of sp³-hybridized carbons (Fsp3) is 0.699. The first kappa shape index (κ1) is 82.2.